The molecule has 0 saturated heterocycles. The molecule has 0 fully saturated rings. The molecule has 3 nitrogen and oxygen atoms in total. The van der Waals surface area contributed by atoms with Crippen LogP contribution in [0.2, 0.25) is 0 Å². The summed E-state index contributed by atoms with van der Waals surface area (Å²) in [7, 11) is 0. The minimum atomic E-state index is -2.07. The third-order valence-electron chi connectivity index (χ3n) is 11.7. The molecule has 0 N–H and O–H groups in total. The van der Waals surface area contributed by atoms with Crippen molar-refractivity contribution in [1.29, 1.82) is 0 Å². The summed E-state index contributed by atoms with van der Waals surface area (Å²) in [6.45, 7) is 20.3. The standard InChI is InChI=1S/2C20H42N.C8H17O.Ti/c2*1-3-5-7-9-11-13-15-17-19-21-20-18-16-14-12-10-8-6-4-2;1-3-5-6-8(4-2)7-9;/h2*3-20H2,1-2H3;8H,3-7H2,1-2H3;/q3*-1;+3. The van der Waals surface area contributed by atoms with Gasteiger partial charge in [0.2, 0.25) is 0 Å². The van der Waals surface area contributed by atoms with Gasteiger partial charge in [-0.25, -0.2) is 0 Å². The van der Waals surface area contributed by atoms with E-state index in [-0.39, 0.29) is 0 Å². The Labute approximate surface area is 338 Å². The second kappa shape index (κ2) is 44.3. The molecule has 0 bridgehead atoms. The van der Waals surface area contributed by atoms with E-state index in [0.717, 1.165) is 12.5 Å². The minimum absolute atomic E-state index is 0.739. The van der Waals surface area contributed by atoms with Crippen LogP contribution in [0.5, 0.6) is 0 Å². The van der Waals surface area contributed by atoms with Crippen molar-refractivity contribution >= 4 is 0 Å². The average Bonchev–Trinajstić information content (AvgIpc) is 3.16. The molecule has 0 aliphatic rings. The molecule has 0 amide bonds. The molecule has 0 aromatic carbocycles. The van der Waals surface area contributed by atoms with Crippen LogP contribution in [0.4, 0.5) is 0 Å². The first-order valence-corrected chi connectivity index (χ1v) is 26.7. The van der Waals surface area contributed by atoms with E-state index >= 15 is 0 Å². The van der Waals surface area contributed by atoms with Gasteiger partial charge < -0.3 is 0 Å². The van der Waals surface area contributed by atoms with Gasteiger partial charge in [-0.2, -0.15) is 0 Å². The quantitative estimate of drug-likeness (QED) is 0.0453. The topological polar surface area (TPSA) is 15.7 Å². The molecule has 313 valence electrons. The van der Waals surface area contributed by atoms with Crippen LogP contribution in [-0.2, 0) is 22.1 Å². The van der Waals surface area contributed by atoms with Crippen LogP contribution in [0.3, 0.4) is 0 Å². The SMILES string of the molecule is CCCCCCCCCC[N](CCCCCCCCCC)[Ti]([O]CC(CC)CCCC)[N](CCCCCCCCCC)CCCCCCCCCC. The summed E-state index contributed by atoms with van der Waals surface area (Å²) in [6.07, 6.45) is 50.6. The van der Waals surface area contributed by atoms with E-state index in [9.17, 15) is 0 Å². The zero-order valence-corrected chi connectivity index (χ0v) is 38.9. The molecule has 0 saturated carbocycles. The zero-order valence-electron chi connectivity index (χ0n) is 37.4. The Hall–Kier alpha value is 0.594. The molecule has 0 radical (unpaired) electrons. The summed E-state index contributed by atoms with van der Waals surface area (Å²) in [4.78, 5) is 0. The maximum atomic E-state index is 7.43. The predicted molar refractivity (Wildman–Crippen MR) is 233 cm³/mol. The molecular formula is C48H101N2OTi. The predicted octanol–water partition coefficient (Wildman–Crippen LogP) is 16.7. The van der Waals surface area contributed by atoms with Crippen molar-refractivity contribution in [2.24, 2.45) is 5.92 Å². The maximum absolute atomic E-state index is 7.43. The van der Waals surface area contributed by atoms with Gasteiger partial charge >= 0.3 is 340 Å². The number of rotatable bonds is 45. The summed E-state index contributed by atoms with van der Waals surface area (Å²) < 4.78 is 13.5. The third kappa shape index (κ3) is 35.0. The second-order valence-electron chi connectivity index (χ2n) is 16.9. The van der Waals surface area contributed by atoms with E-state index in [2.05, 4.69) is 48.3 Å². The molecule has 0 aromatic rings. The van der Waals surface area contributed by atoms with Gasteiger partial charge in [-0.15, -0.1) is 0 Å². The fourth-order valence-electron chi connectivity index (χ4n) is 7.83. The fourth-order valence-corrected chi connectivity index (χ4v) is 11.8. The van der Waals surface area contributed by atoms with Gasteiger partial charge in [0, 0.05) is 0 Å². The molecule has 0 spiro atoms. The third-order valence-corrected chi connectivity index (χ3v) is 15.4. The van der Waals surface area contributed by atoms with E-state index in [1.807, 2.05) is 0 Å². The van der Waals surface area contributed by atoms with Crippen molar-refractivity contribution in [3.05, 3.63) is 0 Å². The monoisotopic (exact) mass is 770 g/mol. The molecule has 0 aliphatic carbocycles. The Morgan fingerprint density at radius 3 is 0.827 bits per heavy atom. The van der Waals surface area contributed by atoms with E-state index in [1.54, 1.807) is 0 Å². The van der Waals surface area contributed by atoms with Gasteiger partial charge in [0.1, 0.15) is 0 Å². The molecule has 4 heteroatoms. The molecular weight excluding hydrogens is 668 g/mol. The fraction of sp³-hybridized carbons (Fsp3) is 1.00. The van der Waals surface area contributed by atoms with Crippen LogP contribution >= 0.6 is 0 Å². The summed E-state index contributed by atoms with van der Waals surface area (Å²) in [5.74, 6) is 0.739. The van der Waals surface area contributed by atoms with Gasteiger partial charge in [-0.1, -0.05) is 0 Å². The Kier molecular flexibility index (Phi) is 44.8. The Bertz CT molecular complexity index is 564. The zero-order chi connectivity index (χ0) is 38.0. The van der Waals surface area contributed by atoms with E-state index < -0.39 is 18.8 Å². The molecule has 1 unspecified atom stereocenters. The first-order chi connectivity index (χ1) is 25.7. The van der Waals surface area contributed by atoms with E-state index in [1.165, 1.54) is 257 Å². The van der Waals surface area contributed by atoms with Crippen molar-refractivity contribution in [1.82, 2.24) is 6.76 Å². The molecule has 0 heterocycles. The van der Waals surface area contributed by atoms with Gasteiger partial charge in [-0.3, -0.25) is 0 Å². The van der Waals surface area contributed by atoms with Crippen LogP contribution in [0, 0.1) is 5.92 Å². The molecule has 0 aliphatic heterocycles. The summed E-state index contributed by atoms with van der Waals surface area (Å²) >= 11 is -2.07. The summed E-state index contributed by atoms with van der Waals surface area (Å²) in [5, 5.41) is 0. The molecule has 1 atom stereocenters. The van der Waals surface area contributed by atoms with Crippen molar-refractivity contribution in [3.8, 4) is 0 Å². The number of nitrogens with zero attached hydrogens (tertiary/aromatic N) is 2. The average molecular weight is 770 g/mol. The number of hydrogen-bond donors (Lipinski definition) is 0. The van der Waals surface area contributed by atoms with Crippen molar-refractivity contribution in [3.63, 3.8) is 0 Å². The van der Waals surface area contributed by atoms with Crippen LogP contribution in [0.1, 0.15) is 273 Å². The van der Waals surface area contributed by atoms with Crippen molar-refractivity contribution in [2.45, 2.75) is 273 Å². The molecule has 0 aromatic heterocycles. The van der Waals surface area contributed by atoms with Crippen LogP contribution < -0.4 is 0 Å². The number of hydrogen-bond acceptors (Lipinski definition) is 3. The Morgan fingerprint density at radius 2 is 0.577 bits per heavy atom. The summed E-state index contributed by atoms with van der Waals surface area (Å²) in [5.41, 5.74) is 0. The van der Waals surface area contributed by atoms with Crippen LogP contribution in [-0.4, -0.2) is 39.5 Å². The van der Waals surface area contributed by atoms with Crippen LogP contribution in [0.25, 0.3) is 0 Å². The van der Waals surface area contributed by atoms with E-state index in [4.69, 9.17) is 3.32 Å². The van der Waals surface area contributed by atoms with Gasteiger partial charge in [0.25, 0.3) is 0 Å². The van der Waals surface area contributed by atoms with E-state index in [0.29, 0.717) is 0 Å². The van der Waals surface area contributed by atoms with Crippen molar-refractivity contribution < 1.29 is 22.1 Å². The first-order valence-electron chi connectivity index (χ1n) is 24.7. The van der Waals surface area contributed by atoms with Gasteiger partial charge in [0.05, 0.1) is 0 Å². The first kappa shape index (κ1) is 52.6. The van der Waals surface area contributed by atoms with Crippen LogP contribution in [0.15, 0.2) is 0 Å². The van der Waals surface area contributed by atoms with Gasteiger partial charge in [0.15, 0.2) is 0 Å². The number of unbranched alkanes of at least 4 members (excludes halogenated alkanes) is 29. The second-order valence-corrected chi connectivity index (χ2v) is 20.2. The summed E-state index contributed by atoms with van der Waals surface area (Å²) in [6, 6.07) is 0. The molecule has 0 rings (SSSR count). The Balaban J connectivity index is 5.76. The van der Waals surface area contributed by atoms with Gasteiger partial charge in [-0.05, 0) is 0 Å². The van der Waals surface area contributed by atoms with Crippen molar-refractivity contribution in [2.75, 3.05) is 32.8 Å². The Morgan fingerprint density at radius 1 is 0.327 bits per heavy atom. The normalized spacial score (nSPS) is 12.5. The molecule has 52 heavy (non-hydrogen) atoms.